The SMILES string of the molecule is CN=C(NCCc1nnc2ccccn12)NC1CCCN(c2cnn(C)c2)C1. The molecule has 1 fully saturated rings. The lowest BCUT2D eigenvalue weighted by atomic mass is 10.1. The molecular weight excluding hydrogens is 354 g/mol. The number of nitrogens with one attached hydrogen (secondary N) is 2. The number of aromatic nitrogens is 5. The van der Waals surface area contributed by atoms with Gasteiger partial charge in [0, 0.05) is 58.6 Å². The van der Waals surface area contributed by atoms with Crippen LogP contribution in [0.25, 0.3) is 5.65 Å². The van der Waals surface area contributed by atoms with Gasteiger partial charge in [-0.15, -0.1) is 10.2 Å². The largest absolute Gasteiger partial charge is 0.367 e. The van der Waals surface area contributed by atoms with Crippen molar-refractivity contribution in [2.75, 3.05) is 31.6 Å². The van der Waals surface area contributed by atoms with Crippen molar-refractivity contribution in [2.45, 2.75) is 25.3 Å². The van der Waals surface area contributed by atoms with Crippen LogP contribution >= 0.6 is 0 Å². The van der Waals surface area contributed by atoms with Crippen LogP contribution in [0.15, 0.2) is 41.8 Å². The van der Waals surface area contributed by atoms with E-state index in [0.717, 1.165) is 56.3 Å². The molecule has 0 spiro atoms. The summed E-state index contributed by atoms with van der Waals surface area (Å²) in [7, 11) is 3.76. The minimum Gasteiger partial charge on any atom is -0.367 e. The van der Waals surface area contributed by atoms with Gasteiger partial charge >= 0.3 is 0 Å². The first kappa shape index (κ1) is 18.3. The second-order valence-corrected chi connectivity index (χ2v) is 7.10. The molecule has 1 aliphatic heterocycles. The van der Waals surface area contributed by atoms with Crippen LogP contribution in [0, 0.1) is 0 Å². The number of hydrogen-bond donors (Lipinski definition) is 2. The number of hydrogen-bond acceptors (Lipinski definition) is 5. The number of aryl methyl sites for hydroxylation is 1. The second kappa shape index (κ2) is 8.28. The summed E-state index contributed by atoms with van der Waals surface area (Å²) in [5, 5.41) is 19.7. The zero-order valence-corrected chi connectivity index (χ0v) is 16.4. The monoisotopic (exact) mass is 381 g/mol. The van der Waals surface area contributed by atoms with Crippen LogP contribution < -0.4 is 15.5 Å². The molecule has 1 saturated heterocycles. The number of fused-ring (bicyclic) bond motifs is 1. The van der Waals surface area contributed by atoms with Gasteiger partial charge in [0.05, 0.1) is 11.9 Å². The highest BCUT2D eigenvalue weighted by Gasteiger charge is 2.21. The van der Waals surface area contributed by atoms with Crippen molar-refractivity contribution in [3.8, 4) is 0 Å². The van der Waals surface area contributed by atoms with E-state index in [1.54, 1.807) is 0 Å². The van der Waals surface area contributed by atoms with E-state index in [1.165, 1.54) is 5.69 Å². The van der Waals surface area contributed by atoms with E-state index in [-0.39, 0.29) is 0 Å². The molecule has 1 unspecified atom stereocenters. The highest BCUT2D eigenvalue weighted by molar-refractivity contribution is 5.80. The van der Waals surface area contributed by atoms with E-state index in [9.17, 15) is 0 Å². The van der Waals surface area contributed by atoms with Gasteiger partial charge in [0.2, 0.25) is 0 Å². The zero-order valence-electron chi connectivity index (χ0n) is 16.4. The van der Waals surface area contributed by atoms with E-state index < -0.39 is 0 Å². The molecule has 9 nitrogen and oxygen atoms in total. The maximum absolute atomic E-state index is 4.38. The van der Waals surface area contributed by atoms with Crippen molar-refractivity contribution in [1.29, 1.82) is 0 Å². The summed E-state index contributed by atoms with van der Waals surface area (Å²) < 4.78 is 3.87. The van der Waals surface area contributed by atoms with Crippen molar-refractivity contribution >= 4 is 17.3 Å². The quantitative estimate of drug-likeness (QED) is 0.503. The van der Waals surface area contributed by atoms with Crippen molar-refractivity contribution in [1.82, 2.24) is 35.0 Å². The van der Waals surface area contributed by atoms with Crippen molar-refractivity contribution in [3.05, 3.63) is 42.6 Å². The average molecular weight is 381 g/mol. The number of rotatable bonds is 5. The first-order valence-corrected chi connectivity index (χ1v) is 9.72. The van der Waals surface area contributed by atoms with Gasteiger partial charge in [0.15, 0.2) is 11.6 Å². The fourth-order valence-electron chi connectivity index (χ4n) is 3.64. The van der Waals surface area contributed by atoms with Crippen LogP contribution in [-0.2, 0) is 13.5 Å². The third-order valence-corrected chi connectivity index (χ3v) is 5.07. The normalized spacial score (nSPS) is 17.9. The van der Waals surface area contributed by atoms with Gasteiger partial charge in [-0.2, -0.15) is 5.10 Å². The van der Waals surface area contributed by atoms with E-state index in [1.807, 2.05) is 53.8 Å². The second-order valence-electron chi connectivity index (χ2n) is 7.10. The molecule has 148 valence electrons. The Bertz CT molecular complexity index is 942. The molecule has 0 aromatic carbocycles. The number of nitrogens with zero attached hydrogens (tertiary/aromatic N) is 7. The Morgan fingerprint density at radius 2 is 2.25 bits per heavy atom. The van der Waals surface area contributed by atoms with Crippen LogP contribution in [0.1, 0.15) is 18.7 Å². The Hall–Kier alpha value is -3.10. The summed E-state index contributed by atoms with van der Waals surface area (Å²) in [6.07, 6.45) is 9.05. The molecular formula is C19H27N9. The van der Waals surface area contributed by atoms with Gasteiger partial charge < -0.3 is 15.5 Å². The van der Waals surface area contributed by atoms with Crippen LogP contribution in [0.4, 0.5) is 5.69 Å². The van der Waals surface area contributed by atoms with Gasteiger partial charge in [0.25, 0.3) is 0 Å². The Balaban J connectivity index is 1.29. The van der Waals surface area contributed by atoms with Crippen molar-refractivity contribution in [2.24, 2.45) is 12.0 Å². The predicted octanol–water partition coefficient (Wildman–Crippen LogP) is 0.839. The predicted molar refractivity (Wildman–Crippen MR) is 110 cm³/mol. The minimum absolute atomic E-state index is 0.356. The molecule has 2 N–H and O–H groups in total. The fourth-order valence-corrected chi connectivity index (χ4v) is 3.64. The van der Waals surface area contributed by atoms with Crippen molar-refractivity contribution < 1.29 is 0 Å². The van der Waals surface area contributed by atoms with Gasteiger partial charge in [-0.1, -0.05) is 6.07 Å². The van der Waals surface area contributed by atoms with Crippen LogP contribution in [0.2, 0.25) is 0 Å². The summed E-state index contributed by atoms with van der Waals surface area (Å²) in [5.41, 5.74) is 2.05. The first-order chi connectivity index (χ1) is 13.7. The number of anilines is 1. The van der Waals surface area contributed by atoms with Crippen LogP contribution in [0.5, 0.6) is 0 Å². The van der Waals surface area contributed by atoms with E-state index in [2.05, 4.69) is 42.0 Å². The molecule has 0 bridgehead atoms. The number of guanidine groups is 1. The van der Waals surface area contributed by atoms with E-state index in [4.69, 9.17) is 0 Å². The summed E-state index contributed by atoms with van der Waals surface area (Å²) in [6.45, 7) is 2.76. The lowest BCUT2D eigenvalue weighted by Gasteiger charge is -2.34. The molecule has 0 radical (unpaired) electrons. The molecule has 1 atom stereocenters. The first-order valence-electron chi connectivity index (χ1n) is 9.72. The molecule has 4 heterocycles. The molecule has 4 rings (SSSR count). The van der Waals surface area contributed by atoms with Gasteiger partial charge in [-0.25, -0.2) is 0 Å². The van der Waals surface area contributed by atoms with E-state index >= 15 is 0 Å². The summed E-state index contributed by atoms with van der Waals surface area (Å²) in [5.74, 6) is 1.77. The fraction of sp³-hybridized carbons (Fsp3) is 0.474. The molecule has 28 heavy (non-hydrogen) atoms. The summed E-state index contributed by atoms with van der Waals surface area (Å²) >= 11 is 0. The molecule has 0 aliphatic carbocycles. The molecule has 3 aromatic rings. The van der Waals surface area contributed by atoms with Gasteiger partial charge in [0.1, 0.15) is 5.82 Å². The molecule has 0 saturated carbocycles. The molecule has 9 heteroatoms. The lowest BCUT2D eigenvalue weighted by Crippen LogP contribution is -2.51. The minimum atomic E-state index is 0.356. The van der Waals surface area contributed by atoms with Crippen LogP contribution in [-0.4, -0.2) is 63.1 Å². The Morgan fingerprint density at radius 1 is 1.32 bits per heavy atom. The Morgan fingerprint density at radius 3 is 3.07 bits per heavy atom. The highest BCUT2D eigenvalue weighted by atomic mass is 15.3. The standard InChI is InChI=1S/C19H27N9/c1-20-19(21-9-8-18-25-24-17-7-3-4-11-28(17)18)23-15-6-5-10-27(13-15)16-12-22-26(2)14-16/h3-4,7,11-12,14-15H,5-6,8-10,13H2,1-2H3,(H2,20,21,23). The average Bonchev–Trinajstić information content (AvgIpc) is 3.34. The smallest absolute Gasteiger partial charge is 0.191 e. The third kappa shape index (κ3) is 4.08. The molecule has 3 aromatic heterocycles. The maximum atomic E-state index is 4.38. The Kier molecular flexibility index (Phi) is 5.41. The zero-order chi connectivity index (χ0) is 19.3. The Labute approximate surface area is 164 Å². The van der Waals surface area contributed by atoms with Gasteiger partial charge in [-0.05, 0) is 25.0 Å². The van der Waals surface area contributed by atoms with Crippen molar-refractivity contribution in [3.63, 3.8) is 0 Å². The number of aliphatic imine (C=N–C) groups is 1. The van der Waals surface area contributed by atoms with Gasteiger partial charge in [-0.3, -0.25) is 14.1 Å². The molecule has 0 amide bonds. The third-order valence-electron chi connectivity index (χ3n) is 5.07. The summed E-state index contributed by atoms with van der Waals surface area (Å²) in [6, 6.07) is 6.28. The topological polar surface area (TPSA) is 87.7 Å². The maximum Gasteiger partial charge on any atom is 0.191 e. The lowest BCUT2D eigenvalue weighted by molar-refractivity contribution is 0.468. The molecule has 1 aliphatic rings. The highest BCUT2D eigenvalue weighted by Crippen LogP contribution is 2.18. The van der Waals surface area contributed by atoms with E-state index in [0.29, 0.717) is 6.04 Å². The number of pyridine rings is 1. The summed E-state index contributed by atoms with van der Waals surface area (Å²) in [4.78, 5) is 6.76. The van der Waals surface area contributed by atoms with Crippen LogP contribution in [0.3, 0.4) is 0 Å². The number of piperidine rings is 1.